The van der Waals surface area contributed by atoms with Crippen LogP contribution in [0.4, 0.5) is 5.95 Å². The van der Waals surface area contributed by atoms with Gasteiger partial charge in [0.15, 0.2) is 0 Å². The largest absolute Gasteiger partial charge is 0.468 e. The first-order chi connectivity index (χ1) is 9.58. The summed E-state index contributed by atoms with van der Waals surface area (Å²) in [5.41, 5.74) is 7.71. The number of nitrogens with two attached hydrogens (primary N) is 1. The lowest BCUT2D eigenvalue weighted by molar-refractivity contribution is -0.139. The number of hydrogen-bond acceptors (Lipinski definition) is 6. The Morgan fingerprint density at radius 3 is 2.70 bits per heavy atom. The van der Waals surface area contributed by atoms with E-state index in [1.165, 1.54) is 24.4 Å². The van der Waals surface area contributed by atoms with Gasteiger partial charge in [0.1, 0.15) is 5.25 Å². The molecule has 2 rings (SSSR count). The lowest BCUT2D eigenvalue weighted by Gasteiger charge is -2.12. The van der Waals surface area contributed by atoms with Crippen molar-refractivity contribution in [3.05, 3.63) is 35.4 Å². The van der Waals surface area contributed by atoms with Gasteiger partial charge in [-0.15, -0.1) is 5.10 Å². The highest BCUT2D eigenvalue weighted by Crippen LogP contribution is 2.24. The Kier molecular flexibility index (Phi) is 4.62. The predicted molar refractivity (Wildman–Crippen MR) is 77.3 cm³/mol. The normalized spacial score (nSPS) is 12.1. The highest BCUT2D eigenvalue weighted by atomic mass is 32.2. The van der Waals surface area contributed by atoms with Gasteiger partial charge in [-0.05, 0) is 18.9 Å². The van der Waals surface area contributed by atoms with Crippen molar-refractivity contribution in [2.75, 3.05) is 12.8 Å². The number of aryl methyl sites for hydroxylation is 1. The third kappa shape index (κ3) is 3.74. The van der Waals surface area contributed by atoms with Crippen molar-refractivity contribution >= 4 is 23.7 Å². The van der Waals surface area contributed by atoms with Gasteiger partial charge in [-0.1, -0.05) is 41.6 Å². The lowest BCUT2D eigenvalue weighted by atomic mass is 10.1. The zero-order valence-corrected chi connectivity index (χ0v) is 12.1. The number of thioether (sulfide) groups is 1. The summed E-state index contributed by atoms with van der Waals surface area (Å²) in [5.74, 6) is -0.0783. The van der Waals surface area contributed by atoms with E-state index in [0.29, 0.717) is 11.6 Å². The van der Waals surface area contributed by atoms with Crippen molar-refractivity contribution in [1.82, 2.24) is 15.2 Å². The summed E-state index contributed by atoms with van der Waals surface area (Å²) in [7, 11) is 1.37. The molecule has 0 saturated heterocycles. The van der Waals surface area contributed by atoms with Crippen LogP contribution in [0.15, 0.2) is 29.4 Å². The number of benzene rings is 1. The van der Waals surface area contributed by atoms with Crippen molar-refractivity contribution in [2.45, 2.75) is 23.8 Å². The number of carbonyl (C=O) groups is 1. The number of nitrogens with one attached hydrogen (secondary N) is 1. The number of ether oxygens (including phenoxy) is 1. The van der Waals surface area contributed by atoms with Gasteiger partial charge in [0.05, 0.1) is 7.11 Å². The molecule has 0 bridgehead atoms. The van der Waals surface area contributed by atoms with Gasteiger partial charge >= 0.3 is 5.97 Å². The number of aromatic amines is 1. The highest BCUT2D eigenvalue weighted by molar-refractivity contribution is 8.00. The monoisotopic (exact) mass is 292 g/mol. The summed E-state index contributed by atoms with van der Waals surface area (Å²) in [6.07, 6.45) is 0.548. The van der Waals surface area contributed by atoms with Gasteiger partial charge < -0.3 is 10.5 Å². The standard InChI is InChI=1S/C13H16N4O2S/c1-8-3-5-9(6-4-8)7-10(11(18)19-2)20-13-15-12(14)16-17-13/h3-6,10H,7H2,1-2H3,(H3,14,15,16,17)/t10-/m0/s1. The van der Waals surface area contributed by atoms with Crippen molar-refractivity contribution < 1.29 is 9.53 Å². The smallest absolute Gasteiger partial charge is 0.319 e. The molecule has 0 radical (unpaired) electrons. The number of aromatic nitrogens is 3. The van der Waals surface area contributed by atoms with Gasteiger partial charge in [-0.2, -0.15) is 4.98 Å². The van der Waals surface area contributed by atoms with Crippen LogP contribution in [0.25, 0.3) is 0 Å². The Morgan fingerprint density at radius 1 is 1.45 bits per heavy atom. The van der Waals surface area contributed by atoms with Crippen molar-refractivity contribution in [1.29, 1.82) is 0 Å². The third-order valence-electron chi connectivity index (χ3n) is 2.74. The summed E-state index contributed by atoms with van der Waals surface area (Å²) >= 11 is 1.23. The Balaban J connectivity index is 2.11. The molecule has 1 aromatic heterocycles. The van der Waals surface area contributed by atoms with Crippen LogP contribution in [-0.4, -0.2) is 33.5 Å². The van der Waals surface area contributed by atoms with E-state index in [0.717, 1.165) is 5.56 Å². The molecule has 6 nitrogen and oxygen atoms in total. The molecule has 0 fully saturated rings. The van der Waals surface area contributed by atoms with Crippen LogP contribution in [0, 0.1) is 6.92 Å². The van der Waals surface area contributed by atoms with Gasteiger partial charge in [0.25, 0.3) is 0 Å². The van der Waals surface area contributed by atoms with Crippen LogP contribution >= 0.6 is 11.8 Å². The van der Waals surface area contributed by atoms with Gasteiger partial charge in [0.2, 0.25) is 11.1 Å². The fourth-order valence-electron chi connectivity index (χ4n) is 1.68. The molecular formula is C13H16N4O2S. The Labute approximate surface area is 121 Å². The Bertz CT molecular complexity index is 582. The van der Waals surface area contributed by atoms with Gasteiger partial charge in [-0.3, -0.25) is 4.79 Å². The first-order valence-corrected chi connectivity index (χ1v) is 6.94. The number of nitrogen functional groups attached to an aromatic ring is 1. The summed E-state index contributed by atoms with van der Waals surface area (Å²) < 4.78 is 4.83. The van der Waals surface area contributed by atoms with Crippen LogP contribution in [0.1, 0.15) is 11.1 Å². The van der Waals surface area contributed by atoms with Crippen LogP contribution < -0.4 is 5.73 Å². The molecule has 0 amide bonds. The number of nitrogens with zero attached hydrogens (tertiary/aromatic N) is 2. The molecule has 1 atom stereocenters. The fourth-order valence-corrected chi connectivity index (χ4v) is 2.65. The molecule has 0 spiro atoms. The molecule has 7 heteroatoms. The summed E-state index contributed by atoms with van der Waals surface area (Å²) in [6, 6.07) is 8.02. The molecular weight excluding hydrogens is 276 g/mol. The quantitative estimate of drug-likeness (QED) is 0.642. The van der Waals surface area contributed by atoms with E-state index in [9.17, 15) is 4.79 Å². The zero-order valence-electron chi connectivity index (χ0n) is 11.3. The summed E-state index contributed by atoms with van der Waals surface area (Å²) in [4.78, 5) is 15.8. The molecule has 0 saturated carbocycles. The molecule has 3 N–H and O–H groups in total. The predicted octanol–water partition coefficient (Wildman–Crippen LogP) is 1.57. The lowest BCUT2D eigenvalue weighted by Crippen LogP contribution is -2.21. The molecule has 1 heterocycles. The van der Waals surface area contributed by atoms with E-state index in [1.807, 2.05) is 31.2 Å². The Hall–Kier alpha value is -2.02. The van der Waals surface area contributed by atoms with E-state index >= 15 is 0 Å². The molecule has 0 aliphatic carbocycles. The molecule has 0 aliphatic rings. The Morgan fingerprint density at radius 2 is 2.15 bits per heavy atom. The molecule has 0 unspecified atom stereocenters. The number of H-pyrrole nitrogens is 1. The molecule has 20 heavy (non-hydrogen) atoms. The first kappa shape index (κ1) is 14.4. The highest BCUT2D eigenvalue weighted by Gasteiger charge is 2.23. The van der Waals surface area contributed by atoms with Gasteiger partial charge in [0, 0.05) is 0 Å². The van der Waals surface area contributed by atoms with Crippen LogP contribution in [0.5, 0.6) is 0 Å². The molecule has 0 aliphatic heterocycles. The maximum Gasteiger partial charge on any atom is 0.319 e. The first-order valence-electron chi connectivity index (χ1n) is 6.06. The second-order valence-electron chi connectivity index (χ2n) is 4.32. The zero-order chi connectivity index (χ0) is 14.5. The number of carbonyl (C=O) groups excluding carboxylic acids is 1. The molecule has 2 aromatic rings. The van der Waals surface area contributed by atoms with E-state index < -0.39 is 5.25 Å². The SMILES string of the molecule is COC(=O)[C@H](Cc1ccc(C)cc1)Sc1n[nH]c(N)n1. The van der Waals surface area contributed by atoms with Crippen LogP contribution in [0.2, 0.25) is 0 Å². The number of anilines is 1. The topological polar surface area (TPSA) is 93.9 Å². The fraction of sp³-hybridized carbons (Fsp3) is 0.308. The van der Waals surface area contributed by atoms with E-state index in [1.54, 1.807) is 0 Å². The van der Waals surface area contributed by atoms with Crippen molar-refractivity contribution in [2.24, 2.45) is 0 Å². The van der Waals surface area contributed by atoms with Crippen LogP contribution in [-0.2, 0) is 16.0 Å². The van der Waals surface area contributed by atoms with E-state index in [-0.39, 0.29) is 11.9 Å². The second-order valence-corrected chi connectivity index (χ2v) is 5.49. The minimum Gasteiger partial charge on any atom is -0.468 e. The summed E-state index contributed by atoms with van der Waals surface area (Å²) in [6.45, 7) is 2.02. The minimum absolute atomic E-state index is 0.228. The van der Waals surface area contributed by atoms with Gasteiger partial charge in [-0.25, -0.2) is 5.10 Å². The summed E-state index contributed by atoms with van der Waals surface area (Å²) in [5, 5.41) is 6.50. The molecule has 106 valence electrons. The third-order valence-corrected chi connectivity index (χ3v) is 3.77. The molecule has 1 aromatic carbocycles. The maximum absolute atomic E-state index is 11.9. The van der Waals surface area contributed by atoms with E-state index in [2.05, 4.69) is 15.2 Å². The van der Waals surface area contributed by atoms with E-state index in [4.69, 9.17) is 10.5 Å². The van der Waals surface area contributed by atoms with Crippen LogP contribution in [0.3, 0.4) is 0 Å². The average Bonchev–Trinajstić information content (AvgIpc) is 2.85. The average molecular weight is 292 g/mol. The second kappa shape index (κ2) is 6.42. The number of methoxy groups -OCH3 is 1. The number of rotatable bonds is 5. The van der Waals surface area contributed by atoms with Crippen molar-refractivity contribution in [3.63, 3.8) is 0 Å². The maximum atomic E-state index is 11.9. The number of esters is 1. The van der Waals surface area contributed by atoms with Crippen molar-refractivity contribution in [3.8, 4) is 0 Å². The minimum atomic E-state index is -0.405. The number of hydrogen-bond donors (Lipinski definition) is 2.